The van der Waals surface area contributed by atoms with Crippen LogP contribution in [0.2, 0.25) is 5.02 Å². The number of carboxylic acid groups (broad SMARTS) is 2. The summed E-state index contributed by atoms with van der Waals surface area (Å²) >= 11 is 6.23. The van der Waals surface area contributed by atoms with Gasteiger partial charge < -0.3 is 15.5 Å². The molecule has 3 aromatic rings. The second-order valence-corrected chi connectivity index (χ2v) is 8.37. The van der Waals surface area contributed by atoms with Crippen LogP contribution in [0, 0.1) is 0 Å². The molecule has 0 unspecified atom stereocenters. The van der Waals surface area contributed by atoms with E-state index in [4.69, 9.17) is 21.8 Å². The number of aliphatic carboxylic acids is 2. The summed E-state index contributed by atoms with van der Waals surface area (Å²) in [6, 6.07) is 11.4. The summed E-state index contributed by atoms with van der Waals surface area (Å²) in [5.41, 5.74) is 1.11. The van der Waals surface area contributed by atoms with Crippen LogP contribution in [0.4, 0.5) is 0 Å². The number of hydrogen-bond acceptors (Lipinski definition) is 7. The minimum atomic E-state index is -3.76. The summed E-state index contributed by atoms with van der Waals surface area (Å²) in [7, 11) is -1.99. The smallest absolute Gasteiger partial charge is 0.328 e. The van der Waals surface area contributed by atoms with Gasteiger partial charge in [-0.25, -0.2) is 22.7 Å². The maximum absolute atomic E-state index is 13.0. The molecule has 0 spiro atoms. The van der Waals surface area contributed by atoms with Crippen LogP contribution in [0.3, 0.4) is 0 Å². The molecule has 3 N–H and O–H groups in total. The van der Waals surface area contributed by atoms with E-state index in [-0.39, 0.29) is 9.92 Å². The van der Waals surface area contributed by atoms with Gasteiger partial charge in [-0.1, -0.05) is 23.7 Å². The van der Waals surface area contributed by atoms with Crippen LogP contribution < -0.4 is 5.32 Å². The molecule has 10 nitrogen and oxygen atoms in total. The van der Waals surface area contributed by atoms with Crippen molar-refractivity contribution in [3.63, 3.8) is 0 Å². The number of pyridine rings is 1. The molecule has 0 bridgehead atoms. The Balaban J connectivity index is 0.000000390. The summed E-state index contributed by atoms with van der Waals surface area (Å²) < 4.78 is 27.4. The molecule has 1 aromatic carbocycles. The van der Waals surface area contributed by atoms with Crippen LogP contribution in [0.5, 0.6) is 0 Å². The first-order valence-corrected chi connectivity index (χ1v) is 10.8. The fourth-order valence-corrected chi connectivity index (χ4v) is 4.04. The maximum Gasteiger partial charge on any atom is 0.328 e. The van der Waals surface area contributed by atoms with Crippen molar-refractivity contribution in [3.05, 3.63) is 77.7 Å². The van der Waals surface area contributed by atoms with E-state index in [0.717, 1.165) is 0 Å². The number of para-hydroxylation sites is 1. The van der Waals surface area contributed by atoms with Crippen LogP contribution in [0.25, 0.3) is 5.69 Å². The molecule has 2 aromatic heterocycles. The first-order chi connectivity index (χ1) is 15.2. The van der Waals surface area contributed by atoms with Gasteiger partial charge in [-0.05, 0) is 31.3 Å². The molecule has 0 saturated carbocycles. The topological polar surface area (TPSA) is 151 Å². The summed E-state index contributed by atoms with van der Waals surface area (Å²) in [5, 5.41) is 23.5. The van der Waals surface area contributed by atoms with Gasteiger partial charge in [0.2, 0.25) is 9.84 Å². The van der Waals surface area contributed by atoms with E-state index < -0.39 is 21.8 Å². The number of nitrogens with zero attached hydrogens (tertiary/aromatic N) is 3. The number of carbonyl (C=O) groups is 2. The number of halogens is 1. The van der Waals surface area contributed by atoms with Crippen molar-refractivity contribution in [2.24, 2.45) is 0 Å². The van der Waals surface area contributed by atoms with Crippen molar-refractivity contribution in [2.45, 2.75) is 16.5 Å². The number of rotatable bonds is 7. The first kappa shape index (κ1) is 24.7. The Morgan fingerprint density at radius 1 is 1.09 bits per heavy atom. The molecule has 0 aliphatic heterocycles. The average molecular weight is 479 g/mol. The van der Waals surface area contributed by atoms with Gasteiger partial charge in [0.05, 0.1) is 21.3 Å². The molecule has 12 heteroatoms. The number of carboxylic acids is 2. The van der Waals surface area contributed by atoms with Crippen molar-refractivity contribution in [1.82, 2.24) is 20.1 Å². The van der Waals surface area contributed by atoms with E-state index in [1.54, 1.807) is 37.4 Å². The van der Waals surface area contributed by atoms with Crippen LogP contribution in [0.15, 0.2) is 76.9 Å². The Labute approximate surface area is 188 Å². The third-order valence-electron chi connectivity index (χ3n) is 3.77. The first-order valence-electron chi connectivity index (χ1n) is 8.94. The zero-order valence-corrected chi connectivity index (χ0v) is 18.3. The Kier molecular flexibility index (Phi) is 8.64. The molecule has 0 fully saturated rings. The molecule has 0 radical (unpaired) electrons. The summed E-state index contributed by atoms with van der Waals surface area (Å²) in [6.45, 7) is 0.441. The number of sulfone groups is 1. The van der Waals surface area contributed by atoms with Crippen molar-refractivity contribution in [1.29, 1.82) is 0 Å². The number of hydrogen-bond donors (Lipinski definition) is 3. The summed E-state index contributed by atoms with van der Waals surface area (Å²) in [6.07, 6.45) is 4.00. The minimum absolute atomic E-state index is 0.0621. The minimum Gasteiger partial charge on any atom is -0.478 e. The van der Waals surface area contributed by atoms with E-state index >= 15 is 0 Å². The normalized spacial score (nSPS) is 11.1. The Morgan fingerprint density at radius 2 is 1.69 bits per heavy atom. The average Bonchev–Trinajstić information content (AvgIpc) is 3.18. The molecular weight excluding hydrogens is 460 g/mol. The van der Waals surface area contributed by atoms with Gasteiger partial charge in [-0.2, -0.15) is 5.10 Å². The lowest BCUT2D eigenvalue weighted by Gasteiger charge is -2.09. The quantitative estimate of drug-likeness (QED) is 0.434. The lowest BCUT2D eigenvalue weighted by molar-refractivity contribution is -0.134. The summed E-state index contributed by atoms with van der Waals surface area (Å²) in [4.78, 5) is 23.1. The monoisotopic (exact) mass is 478 g/mol. The third kappa shape index (κ3) is 6.48. The van der Waals surface area contributed by atoms with Crippen molar-refractivity contribution >= 4 is 33.4 Å². The standard InChI is InChI=1S/C16H15ClN4O2S.C4H4O4/c1-18-11-12-10-16(24(22,23)13-6-8-19-9-7-13)21(20-12)15-5-3-2-4-14(15)17;5-3(6)1-2-4(7)8/h2-10,18H,11H2,1H3;1-2H,(H,5,6)(H,7,8)/b;2-1+. The van der Waals surface area contributed by atoms with E-state index in [0.29, 0.717) is 35.1 Å². The molecule has 3 rings (SSSR count). The van der Waals surface area contributed by atoms with Gasteiger partial charge in [0, 0.05) is 37.2 Å². The SMILES string of the molecule is CNCc1cc(S(=O)(=O)c2ccncc2)n(-c2ccccc2Cl)n1.O=C(O)/C=C/C(=O)O. The van der Waals surface area contributed by atoms with Crippen LogP contribution in [0.1, 0.15) is 5.69 Å². The van der Waals surface area contributed by atoms with E-state index in [1.807, 2.05) is 0 Å². The largest absolute Gasteiger partial charge is 0.478 e. The van der Waals surface area contributed by atoms with E-state index in [2.05, 4.69) is 15.4 Å². The fraction of sp³-hybridized carbons (Fsp3) is 0.100. The summed E-state index contributed by atoms with van der Waals surface area (Å²) in [5.74, 6) is -2.51. The van der Waals surface area contributed by atoms with E-state index in [1.165, 1.54) is 29.2 Å². The maximum atomic E-state index is 13.0. The second kappa shape index (κ2) is 11.2. The molecule has 0 atom stereocenters. The molecular formula is C20H19ClN4O6S. The van der Waals surface area contributed by atoms with Gasteiger partial charge in [0.1, 0.15) is 0 Å². The highest BCUT2D eigenvalue weighted by Crippen LogP contribution is 2.27. The predicted molar refractivity (Wildman–Crippen MR) is 115 cm³/mol. The Hall–Kier alpha value is -3.54. The van der Waals surface area contributed by atoms with Gasteiger partial charge in [0.15, 0.2) is 5.03 Å². The number of aromatic nitrogens is 3. The Morgan fingerprint density at radius 3 is 2.22 bits per heavy atom. The van der Waals surface area contributed by atoms with Crippen molar-refractivity contribution in [2.75, 3.05) is 7.05 Å². The van der Waals surface area contributed by atoms with Gasteiger partial charge >= 0.3 is 11.9 Å². The molecule has 0 aliphatic carbocycles. The lowest BCUT2D eigenvalue weighted by Crippen LogP contribution is -2.10. The number of benzene rings is 1. The Bertz CT molecular complexity index is 1210. The fourth-order valence-electron chi connectivity index (χ4n) is 2.45. The van der Waals surface area contributed by atoms with Crippen LogP contribution in [-0.4, -0.2) is 52.4 Å². The molecule has 0 saturated heterocycles. The molecule has 0 amide bonds. The highest BCUT2D eigenvalue weighted by molar-refractivity contribution is 7.91. The van der Waals surface area contributed by atoms with Gasteiger partial charge in [0.25, 0.3) is 0 Å². The highest BCUT2D eigenvalue weighted by Gasteiger charge is 2.25. The van der Waals surface area contributed by atoms with Crippen molar-refractivity contribution < 1.29 is 28.2 Å². The lowest BCUT2D eigenvalue weighted by atomic mass is 10.3. The molecule has 168 valence electrons. The van der Waals surface area contributed by atoms with Gasteiger partial charge in [-0.3, -0.25) is 4.98 Å². The zero-order chi connectivity index (χ0) is 23.7. The van der Waals surface area contributed by atoms with Crippen LogP contribution in [-0.2, 0) is 26.0 Å². The molecule has 0 aliphatic rings. The predicted octanol–water partition coefficient (Wildman–Crippen LogP) is 2.18. The van der Waals surface area contributed by atoms with Crippen molar-refractivity contribution in [3.8, 4) is 5.69 Å². The van der Waals surface area contributed by atoms with Gasteiger partial charge in [-0.15, -0.1) is 0 Å². The van der Waals surface area contributed by atoms with E-state index in [9.17, 15) is 18.0 Å². The second-order valence-electron chi connectivity index (χ2n) is 6.06. The van der Waals surface area contributed by atoms with Crippen LogP contribution >= 0.6 is 11.6 Å². The third-order valence-corrected chi connectivity index (χ3v) is 5.82. The molecule has 2 heterocycles. The zero-order valence-electron chi connectivity index (χ0n) is 16.7. The highest BCUT2D eigenvalue weighted by atomic mass is 35.5. The molecule has 32 heavy (non-hydrogen) atoms. The number of nitrogens with one attached hydrogen (secondary N) is 1.